The van der Waals surface area contributed by atoms with Crippen LogP contribution >= 0.6 is 34.7 Å². The fourth-order valence-corrected chi connectivity index (χ4v) is 5.48. The van der Waals surface area contributed by atoms with Gasteiger partial charge in [0.2, 0.25) is 11.8 Å². The SMILES string of the molecule is CN(CC(=O)Nc1ccccc1SCC(N)=O)S(=O)(=O)c1ccc(Cl)s1. The number of hydrogen-bond acceptors (Lipinski definition) is 6. The van der Waals surface area contributed by atoms with Crippen molar-refractivity contribution in [2.45, 2.75) is 9.10 Å². The Hall–Kier alpha value is -1.59. The van der Waals surface area contributed by atoms with Crippen LogP contribution in [0.25, 0.3) is 0 Å². The van der Waals surface area contributed by atoms with E-state index in [-0.39, 0.29) is 16.5 Å². The standard InChI is InChI=1S/C15H16ClN3O4S3/c1-19(26(22,23)15-7-6-12(16)25-15)8-14(21)18-10-4-2-3-5-11(10)24-9-13(17)20/h2-7H,8-9H2,1H3,(H2,17,20)(H,18,21). The second-order valence-electron chi connectivity index (χ2n) is 5.12. The summed E-state index contributed by atoms with van der Waals surface area (Å²) < 4.78 is 26.2. The van der Waals surface area contributed by atoms with Crippen LogP contribution in [0.15, 0.2) is 45.5 Å². The number of benzene rings is 1. The molecule has 2 aromatic rings. The van der Waals surface area contributed by atoms with E-state index in [1.807, 2.05) is 0 Å². The van der Waals surface area contributed by atoms with Crippen molar-refractivity contribution in [1.82, 2.24) is 4.31 Å². The van der Waals surface area contributed by atoms with Gasteiger partial charge >= 0.3 is 0 Å². The minimum absolute atomic E-state index is 0.0650. The van der Waals surface area contributed by atoms with Crippen LogP contribution in [0.2, 0.25) is 4.34 Å². The first-order valence-electron chi connectivity index (χ1n) is 7.22. The van der Waals surface area contributed by atoms with Gasteiger partial charge < -0.3 is 11.1 Å². The van der Waals surface area contributed by atoms with Crippen molar-refractivity contribution in [1.29, 1.82) is 0 Å². The van der Waals surface area contributed by atoms with Gasteiger partial charge in [-0.3, -0.25) is 9.59 Å². The molecule has 2 amide bonds. The first kappa shape index (κ1) is 20.7. The number of thioether (sulfide) groups is 1. The number of nitrogens with two attached hydrogens (primary N) is 1. The number of sulfonamides is 1. The summed E-state index contributed by atoms with van der Waals surface area (Å²) in [6.07, 6.45) is 0. The molecule has 2 rings (SSSR count). The van der Waals surface area contributed by atoms with Gasteiger partial charge in [0.1, 0.15) is 4.21 Å². The summed E-state index contributed by atoms with van der Waals surface area (Å²) in [6, 6.07) is 9.76. The van der Waals surface area contributed by atoms with Crippen LogP contribution in [0.3, 0.4) is 0 Å². The molecule has 11 heteroatoms. The highest BCUT2D eigenvalue weighted by molar-refractivity contribution is 8.00. The third kappa shape index (κ3) is 5.45. The number of rotatable bonds is 8. The van der Waals surface area contributed by atoms with E-state index in [0.717, 1.165) is 15.6 Å². The average Bonchev–Trinajstić information content (AvgIpc) is 3.01. The van der Waals surface area contributed by atoms with Gasteiger partial charge in [-0.05, 0) is 24.3 Å². The van der Waals surface area contributed by atoms with E-state index < -0.39 is 21.8 Å². The molecule has 0 bridgehead atoms. The van der Waals surface area contributed by atoms with Crippen molar-refractivity contribution >= 4 is 62.2 Å². The Morgan fingerprint density at radius 3 is 2.58 bits per heavy atom. The summed E-state index contributed by atoms with van der Waals surface area (Å²) in [6.45, 7) is -0.368. The van der Waals surface area contributed by atoms with Crippen LogP contribution in [-0.2, 0) is 19.6 Å². The highest BCUT2D eigenvalue weighted by Crippen LogP contribution is 2.28. The Morgan fingerprint density at radius 1 is 1.27 bits per heavy atom. The third-order valence-electron chi connectivity index (χ3n) is 3.11. The molecule has 1 aromatic carbocycles. The van der Waals surface area contributed by atoms with Gasteiger partial charge in [-0.2, -0.15) is 4.31 Å². The van der Waals surface area contributed by atoms with Crippen LogP contribution in [0.4, 0.5) is 5.69 Å². The zero-order valence-corrected chi connectivity index (χ0v) is 16.8. The highest BCUT2D eigenvalue weighted by atomic mass is 35.5. The van der Waals surface area contributed by atoms with E-state index in [1.54, 1.807) is 24.3 Å². The summed E-state index contributed by atoms with van der Waals surface area (Å²) in [7, 11) is -2.48. The average molecular weight is 434 g/mol. The Bertz CT molecular complexity index is 914. The summed E-state index contributed by atoms with van der Waals surface area (Å²) >= 11 is 7.88. The normalized spacial score (nSPS) is 11.5. The van der Waals surface area contributed by atoms with Gasteiger partial charge in [-0.15, -0.1) is 23.1 Å². The molecule has 1 heterocycles. The van der Waals surface area contributed by atoms with Crippen LogP contribution in [0, 0.1) is 0 Å². The minimum atomic E-state index is -3.80. The smallest absolute Gasteiger partial charge is 0.252 e. The van der Waals surface area contributed by atoms with Crippen LogP contribution < -0.4 is 11.1 Å². The number of hydrogen-bond donors (Lipinski definition) is 2. The van der Waals surface area contributed by atoms with Gasteiger partial charge in [-0.1, -0.05) is 23.7 Å². The molecule has 0 spiro atoms. The topological polar surface area (TPSA) is 110 Å². The number of carbonyl (C=O) groups is 2. The second-order valence-corrected chi connectivity index (χ2v) is 10.1. The van der Waals surface area contributed by atoms with Crippen molar-refractivity contribution in [3.8, 4) is 0 Å². The number of nitrogens with one attached hydrogen (secondary N) is 1. The number of anilines is 1. The first-order valence-corrected chi connectivity index (χ1v) is 10.8. The molecule has 140 valence electrons. The molecule has 0 radical (unpaired) electrons. The molecule has 0 fully saturated rings. The van der Waals surface area contributed by atoms with E-state index >= 15 is 0 Å². The molecule has 3 N–H and O–H groups in total. The van der Waals surface area contributed by atoms with Crippen molar-refractivity contribution in [2.75, 3.05) is 24.7 Å². The van der Waals surface area contributed by atoms with Crippen molar-refractivity contribution in [3.05, 3.63) is 40.7 Å². The maximum absolute atomic E-state index is 12.4. The minimum Gasteiger partial charge on any atom is -0.369 e. The maximum atomic E-state index is 12.4. The van der Waals surface area contributed by atoms with Crippen LogP contribution in [0.5, 0.6) is 0 Å². The molecule has 0 aliphatic heterocycles. The Morgan fingerprint density at radius 2 is 1.96 bits per heavy atom. The first-order chi connectivity index (χ1) is 12.2. The highest BCUT2D eigenvalue weighted by Gasteiger charge is 2.25. The number of nitrogens with zero attached hydrogens (tertiary/aromatic N) is 1. The lowest BCUT2D eigenvalue weighted by molar-refractivity contribution is -0.116. The third-order valence-corrected chi connectivity index (χ3v) is 7.71. The number of likely N-dealkylation sites (N-methyl/N-ethyl adjacent to an activating group) is 1. The molecule has 0 unspecified atom stereocenters. The largest absolute Gasteiger partial charge is 0.369 e. The fraction of sp³-hybridized carbons (Fsp3) is 0.200. The van der Waals surface area contributed by atoms with E-state index in [4.69, 9.17) is 17.3 Å². The predicted molar refractivity (Wildman–Crippen MR) is 104 cm³/mol. The maximum Gasteiger partial charge on any atom is 0.252 e. The van der Waals surface area contributed by atoms with E-state index in [0.29, 0.717) is 14.9 Å². The molecular formula is C15H16ClN3O4S3. The number of halogens is 1. The van der Waals surface area contributed by atoms with E-state index in [9.17, 15) is 18.0 Å². The van der Waals surface area contributed by atoms with Crippen LogP contribution in [-0.4, -0.2) is 43.9 Å². The van der Waals surface area contributed by atoms with Crippen molar-refractivity contribution in [3.63, 3.8) is 0 Å². The summed E-state index contributed by atoms with van der Waals surface area (Å²) in [5.41, 5.74) is 5.61. The van der Waals surface area contributed by atoms with Crippen LogP contribution in [0.1, 0.15) is 0 Å². The number of carbonyl (C=O) groups excluding carboxylic acids is 2. The lowest BCUT2D eigenvalue weighted by Crippen LogP contribution is -2.34. The van der Waals surface area contributed by atoms with Gasteiger partial charge in [0, 0.05) is 11.9 Å². The lowest BCUT2D eigenvalue weighted by Gasteiger charge is -2.16. The van der Waals surface area contributed by atoms with Gasteiger partial charge in [-0.25, -0.2) is 8.42 Å². The Balaban J connectivity index is 2.06. The molecule has 26 heavy (non-hydrogen) atoms. The molecule has 0 aliphatic rings. The fourth-order valence-electron chi connectivity index (χ4n) is 1.91. The summed E-state index contributed by atoms with van der Waals surface area (Å²) in [5, 5.41) is 2.65. The zero-order chi connectivity index (χ0) is 19.3. The Kier molecular flexibility index (Phi) is 7.07. The summed E-state index contributed by atoms with van der Waals surface area (Å²) in [4.78, 5) is 23.8. The second kappa shape index (κ2) is 8.87. The molecule has 0 aliphatic carbocycles. The summed E-state index contributed by atoms with van der Waals surface area (Å²) in [5.74, 6) is -0.914. The zero-order valence-electron chi connectivity index (χ0n) is 13.6. The van der Waals surface area contributed by atoms with E-state index in [1.165, 1.54) is 30.9 Å². The number of primary amides is 1. The van der Waals surface area contributed by atoms with Gasteiger partial charge in [0.05, 0.1) is 22.3 Å². The number of amides is 2. The molecule has 0 saturated carbocycles. The number of thiophene rings is 1. The quantitative estimate of drug-likeness (QED) is 0.620. The molecular weight excluding hydrogens is 418 g/mol. The Labute approximate surface area is 164 Å². The monoisotopic (exact) mass is 433 g/mol. The lowest BCUT2D eigenvalue weighted by atomic mass is 10.3. The molecule has 1 aromatic heterocycles. The number of para-hydroxylation sites is 1. The molecule has 0 atom stereocenters. The van der Waals surface area contributed by atoms with Gasteiger partial charge in [0.15, 0.2) is 0 Å². The molecule has 0 saturated heterocycles. The van der Waals surface area contributed by atoms with E-state index in [2.05, 4.69) is 5.32 Å². The molecule has 7 nitrogen and oxygen atoms in total. The van der Waals surface area contributed by atoms with Gasteiger partial charge in [0.25, 0.3) is 10.0 Å². The van der Waals surface area contributed by atoms with Crippen molar-refractivity contribution < 1.29 is 18.0 Å². The van der Waals surface area contributed by atoms with Crippen molar-refractivity contribution in [2.24, 2.45) is 5.73 Å². The predicted octanol–water partition coefficient (Wildman–Crippen LogP) is 2.24.